The molecule has 2 heterocycles. The van der Waals surface area contributed by atoms with Gasteiger partial charge in [0.05, 0.1) is 24.8 Å². The summed E-state index contributed by atoms with van der Waals surface area (Å²) in [5.41, 5.74) is 3.52. The van der Waals surface area contributed by atoms with Gasteiger partial charge in [-0.25, -0.2) is 14.6 Å². The molecular formula is C22H28N4O4. The van der Waals surface area contributed by atoms with Gasteiger partial charge in [0.2, 0.25) is 0 Å². The van der Waals surface area contributed by atoms with Gasteiger partial charge in [0.1, 0.15) is 5.60 Å². The number of fused-ring (bicyclic) bond motifs is 1. The maximum atomic E-state index is 12.8. The minimum absolute atomic E-state index is 0.394. The van der Waals surface area contributed by atoms with Crippen LogP contribution < -0.4 is 9.80 Å². The van der Waals surface area contributed by atoms with Gasteiger partial charge in [-0.2, -0.15) is 0 Å². The van der Waals surface area contributed by atoms with Crippen molar-refractivity contribution >= 4 is 35.2 Å². The molecule has 0 bridgehead atoms. The second-order valence-electron chi connectivity index (χ2n) is 8.25. The van der Waals surface area contributed by atoms with Crippen molar-refractivity contribution in [3.63, 3.8) is 0 Å². The molecule has 2 aromatic rings. The van der Waals surface area contributed by atoms with Crippen molar-refractivity contribution in [2.24, 2.45) is 7.05 Å². The van der Waals surface area contributed by atoms with Crippen LogP contribution in [0.5, 0.6) is 0 Å². The molecule has 0 atom stereocenters. The van der Waals surface area contributed by atoms with Crippen LogP contribution in [0.3, 0.4) is 0 Å². The number of aryl methyl sites for hydroxylation is 1. The lowest BCUT2D eigenvalue weighted by atomic mass is 9.94. The van der Waals surface area contributed by atoms with Gasteiger partial charge in [0, 0.05) is 38.1 Å². The zero-order chi connectivity index (χ0) is 22.1. The van der Waals surface area contributed by atoms with E-state index in [2.05, 4.69) is 4.98 Å². The van der Waals surface area contributed by atoms with Crippen LogP contribution in [0.4, 0.5) is 21.0 Å². The fourth-order valence-electron chi connectivity index (χ4n) is 3.30. The zero-order valence-corrected chi connectivity index (χ0v) is 18.3. The number of benzene rings is 1. The molecule has 1 aliphatic heterocycles. The number of hydrogen-bond donors (Lipinski definition) is 0. The van der Waals surface area contributed by atoms with Crippen LogP contribution >= 0.6 is 0 Å². The quantitative estimate of drug-likeness (QED) is 0.735. The maximum Gasteiger partial charge on any atom is 0.414 e. The Morgan fingerprint density at radius 2 is 2.00 bits per heavy atom. The molecule has 0 spiro atoms. The van der Waals surface area contributed by atoms with Gasteiger partial charge >= 0.3 is 12.2 Å². The second-order valence-corrected chi connectivity index (χ2v) is 8.25. The predicted molar refractivity (Wildman–Crippen MR) is 117 cm³/mol. The monoisotopic (exact) mass is 412 g/mol. The maximum absolute atomic E-state index is 12.8. The van der Waals surface area contributed by atoms with Crippen LogP contribution in [-0.2, 0) is 16.5 Å². The molecule has 2 amide bonds. The molecule has 0 saturated heterocycles. The summed E-state index contributed by atoms with van der Waals surface area (Å²) in [7, 11) is 4.90. The third-order valence-corrected chi connectivity index (χ3v) is 4.72. The van der Waals surface area contributed by atoms with Crippen LogP contribution in [-0.4, -0.2) is 48.0 Å². The van der Waals surface area contributed by atoms with Gasteiger partial charge in [-0.3, -0.25) is 9.80 Å². The summed E-state index contributed by atoms with van der Waals surface area (Å²) in [6.07, 6.45) is 5.45. The highest BCUT2D eigenvalue weighted by atomic mass is 16.6. The van der Waals surface area contributed by atoms with Gasteiger partial charge in [-0.05, 0) is 57.0 Å². The summed E-state index contributed by atoms with van der Waals surface area (Å²) in [5.74, 6) is 0. The Balaban J connectivity index is 2.06. The molecule has 8 heteroatoms. The van der Waals surface area contributed by atoms with E-state index in [1.165, 1.54) is 12.0 Å². The van der Waals surface area contributed by atoms with Crippen molar-refractivity contribution in [1.29, 1.82) is 0 Å². The number of carbonyl (C=O) groups is 2. The first-order valence-electron chi connectivity index (χ1n) is 9.74. The van der Waals surface area contributed by atoms with Crippen LogP contribution in [0.25, 0.3) is 11.6 Å². The Morgan fingerprint density at radius 1 is 1.27 bits per heavy atom. The number of ether oxygens (including phenoxy) is 2. The summed E-state index contributed by atoms with van der Waals surface area (Å²) in [5, 5.41) is 0. The van der Waals surface area contributed by atoms with Crippen LogP contribution in [0.15, 0.2) is 30.7 Å². The highest BCUT2D eigenvalue weighted by molar-refractivity contribution is 5.99. The van der Waals surface area contributed by atoms with Crippen molar-refractivity contribution in [3.8, 4) is 0 Å². The second kappa shape index (κ2) is 8.22. The largest absolute Gasteiger partial charge is 0.452 e. The SMILES string of the molecule is COC(=O)N(C)c1ccc2c(c1)/C(=C/c1cn(C)cn1)CCN2C(=O)OC(C)(C)C. The molecule has 0 N–H and O–H groups in total. The number of carbonyl (C=O) groups excluding carboxylic acids is 2. The number of anilines is 2. The molecule has 0 saturated carbocycles. The van der Waals surface area contributed by atoms with E-state index in [1.54, 1.807) is 24.3 Å². The summed E-state index contributed by atoms with van der Waals surface area (Å²) in [6.45, 7) is 6.02. The first kappa shape index (κ1) is 21.4. The van der Waals surface area contributed by atoms with Crippen molar-refractivity contribution in [2.75, 3.05) is 30.5 Å². The van der Waals surface area contributed by atoms with Gasteiger partial charge < -0.3 is 14.0 Å². The lowest BCUT2D eigenvalue weighted by Crippen LogP contribution is -2.39. The molecule has 0 radical (unpaired) electrons. The van der Waals surface area contributed by atoms with E-state index in [0.717, 1.165) is 22.5 Å². The van der Waals surface area contributed by atoms with E-state index in [4.69, 9.17) is 9.47 Å². The highest BCUT2D eigenvalue weighted by Gasteiger charge is 2.30. The number of methoxy groups -OCH3 is 1. The molecule has 0 aliphatic carbocycles. The molecule has 0 unspecified atom stereocenters. The third kappa shape index (κ3) is 4.64. The Labute approximate surface area is 176 Å². The van der Waals surface area contributed by atoms with Gasteiger partial charge in [0.15, 0.2) is 0 Å². The van der Waals surface area contributed by atoms with Gasteiger partial charge in [-0.1, -0.05) is 0 Å². The number of amides is 2. The van der Waals surface area contributed by atoms with E-state index in [0.29, 0.717) is 18.7 Å². The van der Waals surface area contributed by atoms with Crippen molar-refractivity contribution in [2.45, 2.75) is 32.8 Å². The van der Waals surface area contributed by atoms with E-state index in [1.807, 2.05) is 56.8 Å². The van der Waals surface area contributed by atoms with Crippen LogP contribution in [0.2, 0.25) is 0 Å². The number of hydrogen-bond acceptors (Lipinski definition) is 5. The molecule has 160 valence electrons. The first-order valence-corrected chi connectivity index (χ1v) is 9.74. The van der Waals surface area contributed by atoms with E-state index in [-0.39, 0.29) is 0 Å². The average Bonchev–Trinajstić information content (AvgIpc) is 3.09. The minimum atomic E-state index is -0.591. The molecule has 1 aromatic carbocycles. The topological polar surface area (TPSA) is 76.9 Å². The van der Waals surface area contributed by atoms with Gasteiger partial charge in [0.25, 0.3) is 0 Å². The van der Waals surface area contributed by atoms with E-state index in [9.17, 15) is 9.59 Å². The van der Waals surface area contributed by atoms with Crippen molar-refractivity contribution in [3.05, 3.63) is 42.0 Å². The molecule has 1 aromatic heterocycles. The zero-order valence-electron chi connectivity index (χ0n) is 18.3. The first-order chi connectivity index (χ1) is 14.1. The third-order valence-electron chi connectivity index (χ3n) is 4.72. The predicted octanol–water partition coefficient (Wildman–Crippen LogP) is 4.31. The lowest BCUT2D eigenvalue weighted by molar-refractivity contribution is 0.0580. The fourth-order valence-corrected chi connectivity index (χ4v) is 3.30. The summed E-state index contributed by atoms with van der Waals surface area (Å²) < 4.78 is 12.3. The lowest BCUT2D eigenvalue weighted by Gasteiger charge is -2.33. The number of imidazole rings is 1. The summed E-state index contributed by atoms with van der Waals surface area (Å²) in [4.78, 5) is 32.2. The van der Waals surface area contributed by atoms with Gasteiger partial charge in [-0.15, -0.1) is 0 Å². The molecular weight excluding hydrogens is 384 g/mol. The van der Waals surface area contributed by atoms with Crippen molar-refractivity contribution < 1.29 is 19.1 Å². The number of aromatic nitrogens is 2. The summed E-state index contributed by atoms with van der Waals surface area (Å²) >= 11 is 0. The van der Waals surface area contributed by atoms with Crippen molar-refractivity contribution in [1.82, 2.24) is 9.55 Å². The summed E-state index contributed by atoms with van der Waals surface area (Å²) in [6, 6.07) is 5.51. The van der Waals surface area contributed by atoms with Crippen LogP contribution in [0.1, 0.15) is 38.4 Å². The molecule has 8 nitrogen and oxygen atoms in total. The average molecular weight is 412 g/mol. The Morgan fingerprint density at radius 3 is 2.60 bits per heavy atom. The Kier molecular flexibility index (Phi) is 5.87. The standard InChI is InChI=1S/C22H28N4O4/c1-22(2,3)30-21(28)26-10-9-15(11-16-13-24(4)14-23-16)18-12-17(7-8-19(18)26)25(5)20(27)29-6/h7-8,11-14H,9-10H2,1-6H3/b15-11+. The number of nitrogens with zero attached hydrogens (tertiary/aromatic N) is 4. The smallest absolute Gasteiger partial charge is 0.414 e. The van der Waals surface area contributed by atoms with E-state index >= 15 is 0 Å². The Bertz CT molecular complexity index is 987. The highest BCUT2D eigenvalue weighted by Crippen LogP contribution is 2.38. The normalized spacial score (nSPS) is 15.0. The fraction of sp³-hybridized carbons (Fsp3) is 0.409. The number of rotatable bonds is 2. The van der Waals surface area contributed by atoms with E-state index < -0.39 is 17.8 Å². The molecule has 0 fully saturated rings. The van der Waals surface area contributed by atoms with Crippen LogP contribution in [0, 0.1) is 0 Å². The molecule has 1 aliphatic rings. The Hall–Kier alpha value is -3.29. The minimum Gasteiger partial charge on any atom is -0.452 e. The molecule has 30 heavy (non-hydrogen) atoms. The molecule has 3 rings (SSSR count).